The number of nitrogen functional groups attached to an aromatic ring is 1. The summed E-state index contributed by atoms with van der Waals surface area (Å²) in [5.41, 5.74) is 5.58. The second kappa shape index (κ2) is 5.95. The van der Waals surface area contributed by atoms with Crippen LogP contribution in [0.2, 0.25) is 0 Å². The minimum Gasteiger partial charge on any atom is -0.397 e. The fourth-order valence-electron chi connectivity index (χ4n) is 2.03. The third-order valence-corrected chi connectivity index (χ3v) is 2.98. The number of hydrazine groups is 1. The number of nitrogens with two attached hydrogens (primary N) is 1. The lowest BCUT2D eigenvalue weighted by Crippen LogP contribution is -2.26. The molecule has 0 unspecified atom stereocenters. The minimum absolute atomic E-state index is 0.0703. The van der Waals surface area contributed by atoms with Gasteiger partial charge < -0.3 is 11.1 Å². The van der Waals surface area contributed by atoms with E-state index in [9.17, 15) is 20.2 Å². The van der Waals surface area contributed by atoms with E-state index in [0.29, 0.717) is 10.7 Å². The van der Waals surface area contributed by atoms with Crippen LogP contribution in [-0.2, 0) is 0 Å². The monoisotopic (exact) mass is 303 g/mol. The summed E-state index contributed by atoms with van der Waals surface area (Å²) in [6.45, 7) is 0. The maximum absolute atomic E-state index is 11.4. The Labute approximate surface area is 125 Å². The number of nitro benzene ring substituents is 1. The lowest BCUT2D eigenvalue weighted by atomic mass is 10.2. The fourth-order valence-corrected chi connectivity index (χ4v) is 2.03. The Morgan fingerprint density at radius 1 is 1.14 bits per heavy atom. The van der Waals surface area contributed by atoms with Crippen LogP contribution in [0, 0.1) is 20.2 Å². The van der Waals surface area contributed by atoms with Crippen LogP contribution in [0.3, 0.4) is 0 Å². The predicted octanol–water partition coefficient (Wildman–Crippen LogP) is 2.55. The smallest absolute Gasteiger partial charge is 0.303 e. The molecule has 0 aliphatic rings. The number of hydrogen-bond donors (Lipinski definition) is 2. The Morgan fingerprint density at radius 2 is 1.77 bits per heavy atom. The van der Waals surface area contributed by atoms with E-state index in [1.807, 2.05) is 0 Å². The molecular formula is C13H13N5O4. The highest BCUT2D eigenvalue weighted by Crippen LogP contribution is 2.40. The van der Waals surface area contributed by atoms with Gasteiger partial charge in [0.25, 0.3) is 0 Å². The van der Waals surface area contributed by atoms with Crippen molar-refractivity contribution in [1.29, 1.82) is 0 Å². The molecule has 0 aliphatic carbocycles. The molecule has 0 fully saturated rings. The molecule has 0 heterocycles. The molecule has 0 radical (unpaired) electrons. The van der Waals surface area contributed by atoms with Gasteiger partial charge in [0.15, 0.2) is 5.03 Å². The number of hydrogen-bond acceptors (Lipinski definition) is 6. The first-order valence-corrected chi connectivity index (χ1v) is 6.21. The second-order valence-corrected chi connectivity index (χ2v) is 4.33. The van der Waals surface area contributed by atoms with Crippen molar-refractivity contribution < 1.29 is 9.96 Å². The van der Waals surface area contributed by atoms with Crippen LogP contribution in [0.4, 0.5) is 28.4 Å². The molecule has 0 aromatic heterocycles. The average molecular weight is 303 g/mol. The van der Waals surface area contributed by atoms with E-state index in [2.05, 4.69) is 5.32 Å². The molecular weight excluding hydrogens is 290 g/mol. The van der Waals surface area contributed by atoms with Gasteiger partial charge in [0.2, 0.25) is 5.69 Å². The van der Waals surface area contributed by atoms with Crippen molar-refractivity contribution in [3.05, 3.63) is 62.7 Å². The van der Waals surface area contributed by atoms with Gasteiger partial charge >= 0.3 is 5.69 Å². The molecule has 114 valence electrons. The van der Waals surface area contributed by atoms with Gasteiger partial charge in [-0.1, -0.05) is 23.2 Å². The van der Waals surface area contributed by atoms with E-state index in [0.717, 1.165) is 0 Å². The summed E-state index contributed by atoms with van der Waals surface area (Å²) in [5, 5.41) is 25.3. The van der Waals surface area contributed by atoms with Crippen molar-refractivity contribution in [2.24, 2.45) is 0 Å². The van der Waals surface area contributed by atoms with E-state index in [1.165, 1.54) is 24.3 Å². The summed E-state index contributed by atoms with van der Waals surface area (Å²) in [7, 11) is 1.57. The number of nitro groups is 2. The van der Waals surface area contributed by atoms with Crippen molar-refractivity contribution in [2.45, 2.75) is 0 Å². The van der Waals surface area contributed by atoms with Crippen LogP contribution in [-0.4, -0.2) is 17.0 Å². The zero-order valence-corrected chi connectivity index (χ0v) is 11.6. The van der Waals surface area contributed by atoms with Gasteiger partial charge in [-0.3, -0.25) is 10.1 Å². The highest BCUT2D eigenvalue weighted by molar-refractivity contribution is 5.85. The Morgan fingerprint density at radius 3 is 2.27 bits per heavy atom. The van der Waals surface area contributed by atoms with Gasteiger partial charge in [-0.15, -0.1) is 0 Å². The molecule has 0 atom stereocenters. The molecule has 0 aliphatic heterocycles. The van der Waals surface area contributed by atoms with Gasteiger partial charge in [-0.25, -0.2) is 10.1 Å². The third kappa shape index (κ3) is 2.73. The van der Waals surface area contributed by atoms with Crippen LogP contribution in [0.15, 0.2) is 42.5 Å². The number of rotatable bonds is 5. The number of benzene rings is 2. The van der Waals surface area contributed by atoms with E-state index in [-0.39, 0.29) is 17.1 Å². The molecule has 0 spiro atoms. The quantitative estimate of drug-likeness (QED) is 0.493. The van der Waals surface area contributed by atoms with Gasteiger partial charge in [0.1, 0.15) is 5.69 Å². The third-order valence-electron chi connectivity index (χ3n) is 2.98. The Hall–Kier alpha value is -3.36. The summed E-state index contributed by atoms with van der Waals surface area (Å²) in [5.74, 6) is 0. The SMILES string of the molecule is CNc1cc(N)c(N(c2ccccc2)[N+](=O)[O-])c([N+](=O)[O-])c1. The fraction of sp³-hybridized carbons (Fsp3) is 0.0769. The molecule has 2 aromatic rings. The summed E-state index contributed by atoms with van der Waals surface area (Å²) in [6.07, 6.45) is 0. The maximum Gasteiger partial charge on any atom is 0.303 e. The first-order chi connectivity index (χ1) is 10.5. The topological polar surface area (TPSA) is 128 Å². The van der Waals surface area contributed by atoms with Crippen LogP contribution >= 0.6 is 0 Å². The molecule has 22 heavy (non-hydrogen) atoms. The molecule has 0 saturated heterocycles. The first kappa shape index (κ1) is 15.0. The molecule has 2 rings (SSSR count). The van der Waals surface area contributed by atoms with Crippen molar-refractivity contribution >= 4 is 28.4 Å². The van der Waals surface area contributed by atoms with Crippen LogP contribution < -0.4 is 16.1 Å². The summed E-state index contributed by atoms with van der Waals surface area (Å²) in [6, 6.07) is 10.4. The molecule has 0 saturated carbocycles. The largest absolute Gasteiger partial charge is 0.397 e. The van der Waals surface area contributed by atoms with Crippen LogP contribution in [0.25, 0.3) is 0 Å². The van der Waals surface area contributed by atoms with E-state index in [1.54, 1.807) is 25.2 Å². The van der Waals surface area contributed by atoms with Crippen molar-refractivity contribution in [3.63, 3.8) is 0 Å². The van der Waals surface area contributed by atoms with Gasteiger partial charge in [-0.2, -0.15) is 0 Å². The second-order valence-electron chi connectivity index (χ2n) is 4.33. The molecule has 9 nitrogen and oxygen atoms in total. The normalized spacial score (nSPS) is 10.0. The maximum atomic E-state index is 11.4. The number of para-hydroxylation sites is 1. The lowest BCUT2D eigenvalue weighted by molar-refractivity contribution is -0.484. The summed E-state index contributed by atoms with van der Waals surface area (Å²) >= 11 is 0. The highest BCUT2D eigenvalue weighted by Gasteiger charge is 2.32. The molecule has 9 heteroatoms. The van der Waals surface area contributed by atoms with Crippen molar-refractivity contribution in [3.8, 4) is 0 Å². The number of nitrogens with zero attached hydrogens (tertiary/aromatic N) is 3. The molecule has 2 aromatic carbocycles. The van der Waals surface area contributed by atoms with Gasteiger partial charge in [0, 0.05) is 18.8 Å². The molecule has 0 amide bonds. The Bertz CT molecular complexity index is 720. The van der Waals surface area contributed by atoms with E-state index >= 15 is 0 Å². The van der Waals surface area contributed by atoms with Crippen LogP contribution in [0.5, 0.6) is 0 Å². The predicted molar refractivity (Wildman–Crippen MR) is 82.6 cm³/mol. The van der Waals surface area contributed by atoms with Crippen molar-refractivity contribution in [2.75, 3.05) is 23.1 Å². The summed E-state index contributed by atoms with van der Waals surface area (Å²) in [4.78, 5) is 22.0. The Kier molecular flexibility index (Phi) is 4.07. The average Bonchev–Trinajstić information content (AvgIpc) is 2.49. The van der Waals surface area contributed by atoms with Gasteiger partial charge in [-0.05, 0) is 18.2 Å². The van der Waals surface area contributed by atoms with E-state index < -0.39 is 15.6 Å². The minimum atomic E-state index is -0.743. The molecule has 3 N–H and O–H groups in total. The summed E-state index contributed by atoms with van der Waals surface area (Å²) < 4.78 is 0. The standard InChI is InChI=1S/C13H13N5O4/c1-15-9-7-11(14)13(12(8-9)17(19)20)16(18(21)22)10-5-3-2-4-6-10/h2-8,15H,14H2,1H3. The van der Waals surface area contributed by atoms with Crippen LogP contribution in [0.1, 0.15) is 0 Å². The van der Waals surface area contributed by atoms with Gasteiger partial charge in [0.05, 0.1) is 10.6 Å². The molecule has 0 bridgehead atoms. The Balaban J connectivity index is 2.72. The van der Waals surface area contributed by atoms with Crippen molar-refractivity contribution in [1.82, 2.24) is 0 Å². The number of nitrogens with one attached hydrogen (secondary N) is 1. The van der Waals surface area contributed by atoms with E-state index in [4.69, 9.17) is 5.73 Å². The first-order valence-electron chi connectivity index (χ1n) is 6.21. The lowest BCUT2D eigenvalue weighted by Gasteiger charge is -2.16. The highest BCUT2D eigenvalue weighted by atomic mass is 16.7. The zero-order valence-electron chi connectivity index (χ0n) is 11.6. The number of anilines is 4. The zero-order chi connectivity index (χ0) is 16.3.